The minimum Gasteiger partial charge on any atom is -0.393 e. The largest absolute Gasteiger partial charge is 0.393 e. The average molecular weight is 331 g/mol. The molecule has 2 N–H and O–H groups in total. The van der Waals surface area contributed by atoms with Gasteiger partial charge >= 0.3 is 0 Å². The monoisotopic (exact) mass is 330 g/mol. The van der Waals surface area contributed by atoms with Crippen molar-refractivity contribution >= 4 is 0 Å². The predicted molar refractivity (Wildman–Crippen MR) is 99.1 cm³/mol. The van der Waals surface area contributed by atoms with E-state index >= 15 is 0 Å². The highest BCUT2D eigenvalue weighted by atomic mass is 16.3. The Hall–Kier alpha value is -0.860. The topological polar surface area (TPSA) is 40.5 Å². The van der Waals surface area contributed by atoms with Gasteiger partial charge in [0.15, 0.2) is 0 Å². The molecule has 0 aliphatic heterocycles. The number of benzene rings is 1. The van der Waals surface area contributed by atoms with Crippen LogP contribution in [-0.2, 0) is 12.8 Å². The van der Waals surface area contributed by atoms with Gasteiger partial charge in [-0.25, -0.2) is 0 Å². The summed E-state index contributed by atoms with van der Waals surface area (Å²) in [5.41, 5.74) is 4.44. The number of hydrogen-bond acceptors (Lipinski definition) is 2. The maximum absolute atomic E-state index is 10.6. The molecule has 0 radical (unpaired) electrons. The molecule has 2 heteroatoms. The Balaban J connectivity index is 1.59. The van der Waals surface area contributed by atoms with Gasteiger partial charge in [-0.05, 0) is 79.9 Å². The fourth-order valence-corrected chi connectivity index (χ4v) is 5.18. The third-order valence-corrected chi connectivity index (χ3v) is 6.60. The van der Waals surface area contributed by atoms with Crippen LogP contribution in [0.5, 0.6) is 0 Å². The number of rotatable bonds is 7. The fourth-order valence-electron chi connectivity index (χ4n) is 5.18. The molecule has 1 aromatic rings. The summed E-state index contributed by atoms with van der Waals surface area (Å²) in [6.07, 6.45) is 9.17. The number of aliphatic hydroxyl groups excluding tert-OH is 2. The van der Waals surface area contributed by atoms with Crippen LogP contribution in [0.2, 0.25) is 0 Å². The van der Waals surface area contributed by atoms with E-state index in [9.17, 15) is 10.2 Å². The van der Waals surface area contributed by atoms with E-state index in [-0.39, 0.29) is 12.2 Å². The molecule has 0 saturated heterocycles. The highest BCUT2D eigenvalue weighted by Crippen LogP contribution is 2.47. The van der Waals surface area contributed by atoms with Crippen molar-refractivity contribution in [3.8, 4) is 0 Å². The Morgan fingerprint density at radius 2 is 2.00 bits per heavy atom. The normalized spacial score (nSPS) is 30.0. The molecule has 0 aromatic heterocycles. The standard InChI is InChI=1S/C22H34O2/c1-3-4-5-9-18(23)10-11-19-21-12-16-8-6-7-15(2)20(16)13-17(21)14-22(19)24/h6-8,17-19,21-24H,3-5,9-14H2,1-2H3/t17?,18-,19+,21-,22+/m0/s1. The molecule has 3 rings (SSSR count). The first kappa shape index (κ1) is 17.9. The van der Waals surface area contributed by atoms with Gasteiger partial charge in [0, 0.05) is 0 Å². The van der Waals surface area contributed by atoms with Crippen LogP contribution < -0.4 is 0 Å². The van der Waals surface area contributed by atoms with Crippen molar-refractivity contribution in [3.63, 3.8) is 0 Å². The van der Waals surface area contributed by atoms with Crippen LogP contribution in [-0.4, -0.2) is 22.4 Å². The maximum Gasteiger partial charge on any atom is 0.0574 e. The third kappa shape index (κ3) is 3.86. The molecule has 1 fully saturated rings. The number of aliphatic hydroxyl groups is 2. The second-order valence-electron chi connectivity index (χ2n) is 8.24. The van der Waals surface area contributed by atoms with Crippen molar-refractivity contribution in [3.05, 3.63) is 34.9 Å². The van der Waals surface area contributed by atoms with E-state index in [2.05, 4.69) is 32.0 Å². The molecule has 1 aromatic carbocycles. The van der Waals surface area contributed by atoms with Gasteiger partial charge in [-0.2, -0.15) is 0 Å². The molecular weight excluding hydrogens is 296 g/mol. The molecule has 0 spiro atoms. The molecule has 5 atom stereocenters. The number of unbranched alkanes of at least 4 members (excludes halogenated alkanes) is 2. The van der Waals surface area contributed by atoms with Gasteiger partial charge < -0.3 is 10.2 Å². The van der Waals surface area contributed by atoms with Crippen LogP contribution in [0.3, 0.4) is 0 Å². The third-order valence-electron chi connectivity index (χ3n) is 6.60. The second kappa shape index (κ2) is 8.01. The van der Waals surface area contributed by atoms with Gasteiger partial charge in [0.1, 0.15) is 0 Å². The van der Waals surface area contributed by atoms with Crippen LogP contribution in [0, 0.1) is 24.7 Å². The zero-order valence-corrected chi connectivity index (χ0v) is 15.4. The zero-order valence-electron chi connectivity index (χ0n) is 15.4. The van der Waals surface area contributed by atoms with Crippen molar-refractivity contribution in [1.29, 1.82) is 0 Å². The minimum atomic E-state index is -0.180. The maximum atomic E-state index is 10.6. The summed E-state index contributed by atoms with van der Waals surface area (Å²) >= 11 is 0. The fraction of sp³-hybridized carbons (Fsp3) is 0.727. The summed E-state index contributed by atoms with van der Waals surface area (Å²) in [7, 11) is 0. The van der Waals surface area contributed by atoms with E-state index in [0.29, 0.717) is 17.8 Å². The van der Waals surface area contributed by atoms with E-state index in [4.69, 9.17) is 0 Å². The summed E-state index contributed by atoms with van der Waals surface area (Å²) in [4.78, 5) is 0. The number of aryl methyl sites for hydroxylation is 1. The lowest BCUT2D eigenvalue weighted by Crippen LogP contribution is -2.28. The van der Waals surface area contributed by atoms with Gasteiger partial charge in [0.25, 0.3) is 0 Å². The summed E-state index contributed by atoms with van der Waals surface area (Å²) < 4.78 is 0. The smallest absolute Gasteiger partial charge is 0.0574 e. The van der Waals surface area contributed by atoms with E-state index in [1.165, 1.54) is 29.5 Å². The molecule has 0 bridgehead atoms. The van der Waals surface area contributed by atoms with Crippen LogP contribution in [0.15, 0.2) is 18.2 Å². The first-order chi connectivity index (χ1) is 11.6. The number of hydrogen-bond donors (Lipinski definition) is 2. The van der Waals surface area contributed by atoms with E-state index < -0.39 is 0 Å². The molecule has 2 nitrogen and oxygen atoms in total. The van der Waals surface area contributed by atoms with Crippen molar-refractivity contribution < 1.29 is 10.2 Å². The Morgan fingerprint density at radius 1 is 1.17 bits per heavy atom. The van der Waals surface area contributed by atoms with Crippen molar-refractivity contribution in [1.82, 2.24) is 0 Å². The van der Waals surface area contributed by atoms with Gasteiger partial charge in [-0.1, -0.05) is 44.4 Å². The average Bonchev–Trinajstić information content (AvgIpc) is 2.86. The van der Waals surface area contributed by atoms with Crippen molar-refractivity contribution in [2.24, 2.45) is 17.8 Å². The minimum absolute atomic E-state index is 0.169. The molecule has 24 heavy (non-hydrogen) atoms. The lowest BCUT2D eigenvalue weighted by molar-refractivity contribution is 0.0870. The number of fused-ring (bicyclic) bond motifs is 2. The van der Waals surface area contributed by atoms with Crippen LogP contribution in [0.25, 0.3) is 0 Å². The highest BCUT2D eigenvalue weighted by Gasteiger charge is 2.44. The predicted octanol–water partition coefficient (Wildman–Crippen LogP) is 4.43. The van der Waals surface area contributed by atoms with Crippen molar-refractivity contribution in [2.75, 3.05) is 0 Å². The molecule has 0 heterocycles. The van der Waals surface area contributed by atoms with Crippen LogP contribution in [0.1, 0.15) is 68.6 Å². The summed E-state index contributed by atoms with van der Waals surface area (Å²) in [5, 5.41) is 20.8. The molecule has 2 aliphatic rings. The molecule has 2 aliphatic carbocycles. The van der Waals surface area contributed by atoms with Gasteiger partial charge in [-0.3, -0.25) is 0 Å². The molecule has 0 amide bonds. The first-order valence-corrected chi connectivity index (χ1v) is 10.0. The van der Waals surface area contributed by atoms with Gasteiger partial charge in [0.05, 0.1) is 12.2 Å². The van der Waals surface area contributed by atoms with E-state index in [1.807, 2.05) is 0 Å². The first-order valence-electron chi connectivity index (χ1n) is 10.0. The Labute approximate surface area is 147 Å². The van der Waals surface area contributed by atoms with E-state index in [1.54, 1.807) is 0 Å². The lowest BCUT2D eigenvalue weighted by atomic mass is 9.73. The summed E-state index contributed by atoms with van der Waals surface area (Å²) in [6, 6.07) is 6.67. The van der Waals surface area contributed by atoms with Gasteiger partial charge in [0.2, 0.25) is 0 Å². The summed E-state index contributed by atoms with van der Waals surface area (Å²) in [5.74, 6) is 1.62. The second-order valence-corrected chi connectivity index (χ2v) is 8.24. The van der Waals surface area contributed by atoms with Crippen LogP contribution >= 0.6 is 0 Å². The quantitative estimate of drug-likeness (QED) is 0.726. The van der Waals surface area contributed by atoms with Gasteiger partial charge in [-0.15, -0.1) is 0 Å². The SMILES string of the molecule is CCCCC[C@H](O)CC[C@H]1[C@H](O)CC2Cc3c(C)cccc3C[C@@H]21. The molecule has 1 saturated carbocycles. The zero-order chi connectivity index (χ0) is 17.1. The molecular formula is C22H34O2. The Bertz CT molecular complexity index is 539. The molecule has 1 unspecified atom stereocenters. The van der Waals surface area contributed by atoms with Crippen molar-refractivity contribution in [2.45, 2.75) is 83.8 Å². The Morgan fingerprint density at radius 3 is 2.79 bits per heavy atom. The molecule has 134 valence electrons. The van der Waals surface area contributed by atoms with E-state index in [0.717, 1.165) is 44.9 Å². The summed E-state index contributed by atoms with van der Waals surface area (Å²) in [6.45, 7) is 4.42. The van der Waals surface area contributed by atoms with Crippen LogP contribution in [0.4, 0.5) is 0 Å². The Kier molecular flexibility index (Phi) is 5.99. The lowest BCUT2D eigenvalue weighted by Gasteiger charge is -2.32. The highest BCUT2D eigenvalue weighted by molar-refractivity contribution is 5.37.